The van der Waals surface area contributed by atoms with Gasteiger partial charge in [-0.25, -0.2) is 26.4 Å². The molecule has 0 atom stereocenters. The molecule has 2 fully saturated rings. The molecule has 2 saturated heterocycles. The third kappa shape index (κ3) is 5.55. The molecule has 2 heterocycles. The summed E-state index contributed by atoms with van der Waals surface area (Å²) < 4.78 is 69.8. The van der Waals surface area contributed by atoms with Crippen LogP contribution in [-0.2, 0) is 20.0 Å². The Kier molecular flexibility index (Phi) is 7.06. The number of hydrogen-bond donors (Lipinski definition) is 1. The first-order valence-corrected chi connectivity index (χ1v) is 13.9. The predicted octanol–water partition coefficient (Wildman–Crippen LogP) is 2.17. The molecule has 2 N–H and O–H groups in total. The lowest BCUT2D eigenvalue weighted by molar-refractivity contribution is 0.0568. The van der Waals surface area contributed by atoms with Crippen LogP contribution in [0.4, 0.5) is 4.39 Å². The fourth-order valence-corrected chi connectivity index (χ4v) is 6.46. The zero-order valence-corrected chi connectivity index (χ0v) is 19.8. The lowest BCUT2D eigenvalue weighted by atomic mass is 10.00. The Balaban J connectivity index is 1.29. The van der Waals surface area contributed by atoms with E-state index in [9.17, 15) is 21.2 Å². The van der Waals surface area contributed by atoms with Crippen molar-refractivity contribution in [2.75, 3.05) is 26.2 Å². The summed E-state index contributed by atoms with van der Waals surface area (Å²) in [5, 5.41) is 5.08. The number of sulfonamides is 2. The minimum atomic E-state index is -3.88. The summed E-state index contributed by atoms with van der Waals surface area (Å²) in [4.78, 5) is 2.30. The van der Waals surface area contributed by atoms with Crippen LogP contribution in [0.2, 0.25) is 0 Å². The number of benzene rings is 2. The molecule has 2 aliphatic rings. The second-order valence-electron chi connectivity index (χ2n) is 8.44. The molecule has 0 spiro atoms. The van der Waals surface area contributed by atoms with Crippen LogP contribution in [-0.4, -0.2) is 64.4 Å². The Hall–Kier alpha value is -2.05. The van der Waals surface area contributed by atoms with E-state index in [-0.39, 0.29) is 33.5 Å². The zero-order valence-electron chi connectivity index (χ0n) is 18.1. The van der Waals surface area contributed by atoms with Gasteiger partial charge in [0.15, 0.2) is 11.6 Å². The third-order valence-corrected chi connectivity index (χ3v) is 9.18. The highest BCUT2D eigenvalue weighted by atomic mass is 32.2. The number of ether oxygens (including phenoxy) is 1. The summed E-state index contributed by atoms with van der Waals surface area (Å²) in [5.74, 6) is -0.0700. The third-order valence-electron chi connectivity index (χ3n) is 6.34. The largest absolute Gasteiger partial charge is 0.487 e. The minimum Gasteiger partial charge on any atom is -0.487 e. The van der Waals surface area contributed by atoms with Crippen molar-refractivity contribution in [1.82, 2.24) is 9.21 Å². The normalized spacial score (nSPS) is 20.1. The highest BCUT2D eigenvalue weighted by molar-refractivity contribution is 7.89. The van der Waals surface area contributed by atoms with Crippen molar-refractivity contribution in [3.63, 3.8) is 0 Å². The number of nitrogens with zero attached hydrogens (tertiary/aromatic N) is 2. The minimum absolute atomic E-state index is 0.0288. The highest BCUT2D eigenvalue weighted by Gasteiger charge is 2.33. The van der Waals surface area contributed by atoms with Crippen molar-refractivity contribution < 1.29 is 26.0 Å². The van der Waals surface area contributed by atoms with Crippen molar-refractivity contribution in [2.45, 2.75) is 47.6 Å². The van der Waals surface area contributed by atoms with Gasteiger partial charge in [0.05, 0.1) is 9.79 Å². The van der Waals surface area contributed by atoms with Crippen LogP contribution in [0.3, 0.4) is 0 Å². The molecule has 4 rings (SSSR count). The van der Waals surface area contributed by atoms with Crippen molar-refractivity contribution in [2.24, 2.45) is 5.14 Å². The summed E-state index contributed by atoms with van der Waals surface area (Å²) >= 11 is 0. The van der Waals surface area contributed by atoms with Gasteiger partial charge in [-0.15, -0.1) is 0 Å². The van der Waals surface area contributed by atoms with Gasteiger partial charge in [0.1, 0.15) is 6.10 Å². The molecule has 2 aliphatic heterocycles. The average Bonchev–Trinajstić information content (AvgIpc) is 2.81. The van der Waals surface area contributed by atoms with Crippen molar-refractivity contribution in [3.8, 4) is 5.75 Å². The predicted molar refractivity (Wildman–Crippen MR) is 121 cm³/mol. The summed E-state index contributed by atoms with van der Waals surface area (Å²) in [7, 11) is -7.58. The molecule has 8 nitrogen and oxygen atoms in total. The van der Waals surface area contributed by atoms with Gasteiger partial charge in [0, 0.05) is 32.2 Å². The van der Waals surface area contributed by atoms with E-state index < -0.39 is 20.0 Å². The first-order valence-electron chi connectivity index (χ1n) is 10.9. The van der Waals surface area contributed by atoms with Gasteiger partial charge >= 0.3 is 0 Å². The molecule has 33 heavy (non-hydrogen) atoms. The zero-order chi connectivity index (χ0) is 23.6. The number of hydrogen-bond acceptors (Lipinski definition) is 6. The molecule has 11 heteroatoms. The van der Waals surface area contributed by atoms with Crippen LogP contribution < -0.4 is 9.88 Å². The number of halogens is 1. The maximum atomic E-state index is 13.8. The second kappa shape index (κ2) is 9.67. The van der Waals surface area contributed by atoms with Gasteiger partial charge in [0.2, 0.25) is 20.0 Å². The summed E-state index contributed by atoms with van der Waals surface area (Å²) in [6, 6.07) is 11.7. The van der Waals surface area contributed by atoms with E-state index in [2.05, 4.69) is 4.90 Å². The molecule has 0 unspecified atom stereocenters. The smallest absolute Gasteiger partial charge is 0.243 e. The fraction of sp³-hybridized carbons (Fsp3) is 0.455. The standard InChI is InChI=1S/C22H28FN3O5S2/c23-21-3-1-2-4-22(21)31-18-11-13-25(14-12-18)17-9-15-26(16-10-17)33(29,30)20-7-5-19(6-8-20)32(24,27)28/h1-8,17-18H,9-16H2,(H2,24,27,28). The number of piperidine rings is 2. The van der Waals surface area contributed by atoms with E-state index in [1.165, 1.54) is 34.6 Å². The first kappa shape index (κ1) is 24.1. The number of nitrogens with two attached hydrogens (primary N) is 1. The maximum Gasteiger partial charge on any atom is 0.243 e. The summed E-state index contributed by atoms with van der Waals surface area (Å²) in [6.07, 6.45) is 2.99. The monoisotopic (exact) mass is 497 g/mol. The van der Waals surface area contributed by atoms with E-state index >= 15 is 0 Å². The van der Waals surface area contributed by atoms with E-state index in [1.54, 1.807) is 18.2 Å². The van der Waals surface area contributed by atoms with Gasteiger partial charge in [0.25, 0.3) is 0 Å². The van der Waals surface area contributed by atoms with Gasteiger partial charge in [-0.05, 0) is 62.1 Å². The molecule has 0 saturated carbocycles. The SMILES string of the molecule is NS(=O)(=O)c1ccc(S(=O)(=O)N2CCC(N3CCC(Oc4ccccc4F)CC3)CC2)cc1. The molecular formula is C22H28FN3O5S2. The highest BCUT2D eigenvalue weighted by Crippen LogP contribution is 2.27. The van der Waals surface area contributed by atoms with Gasteiger partial charge < -0.3 is 9.64 Å². The van der Waals surface area contributed by atoms with Crippen LogP contribution in [0.15, 0.2) is 58.3 Å². The lowest BCUT2D eigenvalue weighted by Crippen LogP contribution is -2.50. The maximum absolute atomic E-state index is 13.8. The second-order valence-corrected chi connectivity index (χ2v) is 11.9. The van der Waals surface area contributed by atoms with Crippen molar-refractivity contribution in [1.29, 1.82) is 0 Å². The molecule has 180 valence electrons. The van der Waals surface area contributed by atoms with Crippen LogP contribution in [0.1, 0.15) is 25.7 Å². The summed E-state index contributed by atoms with van der Waals surface area (Å²) in [6.45, 7) is 2.45. The number of likely N-dealkylation sites (tertiary alicyclic amines) is 1. The number of para-hydroxylation sites is 1. The fourth-order valence-electron chi connectivity index (χ4n) is 4.48. The number of primary sulfonamides is 1. The summed E-state index contributed by atoms with van der Waals surface area (Å²) in [5.41, 5.74) is 0. The van der Waals surface area contributed by atoms with Crippen LogP contribution in [0, 0.1) is 5.82 Å². The molecule has 0 amide bonds. The van der Waals surface area contributed by atoms with E-state index in [0.29, 0.717) is 25.9 Å². The van der Waals surface area contributed by atoms with Crippen molar-refractivity contribution in [3.05, 3.63) is 54.3 Å². The molecule has 0 bridgehead atoms. The Labute approximate surface area is 194 Å². The Morgan fingerprint density at radius 1 is 0.818 bits per heavy atom. The van der Waals surface area contributed by atoms with Gasteiger partial charge in [-0.2, -0.15) is 4.31 Å². The molecule has 0 radical (unpaired) electrons. The topological polar surface area (TPSA) is 110 Å². The molecule has 2 aromatic carbocycles. The van der Waals surface area contributed by atoms with Crippen molar-refractivity contribution >= 4 is 20.0 Å². The Morgan fingerprint density at radius 3 is 1.97 bits per heavy atom. The molecule has 0 aromatic heterocycles. The quantitative estimate of drug-likeness (QED) is 0.655. The first-order chi connectivity index (χ1) is 15.6. The van der Waals surface area contributed by atoms with Gasteiger partial charge in [-0.1, -0.05) is 12.1 Å². The average molecular weight is 498 g/mol. The molecular weight excluding hydrogens is 469 g/mol. The van der Waals surface area contributed by atoms with E-state index in [0.717, 1.165) is 25.9 Å². The molecule has 2 aromatic rings. The molecule has 0 aliphatic carbocycles. The van der Waals surface area contributed by atoms with Crippen LogP contribution in [0.5, 0.6) is 5.75 Å². The number of rotatable bonds is 6. The van der Waals surface area contributed by atoms with Crippen LogP contribution >= 0.6 is 0 Å². The van der Waals surface area contributed by atoms with Crippen LogP contribution in [0.25, 0.3) is 0 Å². The Morgan fingerprint density at radius 2 is 1.39 bits per heavy atom. The van der Waals surface area contributed by atoms with E-state index in [4.69, 9.17) is 9.88 Å². The lowest BCUT2D eigenvalue weighted by Gasteiger charge is -2.41. The van der Waals surface area contributed by atoms with E-state index in [1.807, 2.05) is 0 Å². The Bertz CT molecular complexity index is 1170. The van der Waals surface area contributed by atoms with Gasteiger partial charge in [-0.3, -0.25) is 0 Å².